The van der Waals surface area contributed by atoms with Gasteiger partial charge in [-0.15, -0.1) is 0 Å². The molecule has 1 aliphatic rings. The fourth-order valence-corrected chi connectivity index (χ4v) is 3.47. The molecule has 1 atom stereocenters. The van der Waals surface area contributed by atoms with Gasteiger partial charge in [-0.25, -0.2) is 0 Å². The maximum atomic E-state index is 12.8. The van der Waals surface area contributed by atoms with Crippen LogP contribution in [0.15, 0.2) is 42.5 Å². The van der Waals surface area contributed by atoms with Gasteiger partial charge in [0, 0.05) is 18.2 Å². The first-order valence-corrected chi connectivity index (χ1v) is 9.15. The average molecular weight is 409 g/mol. The third-order valence-electron chi connectivity index (χ3n) is 4.90. The number of ether oxygens (including phenoxy) is 3. The summed E-state index contributed by atoms with van der Waals surface area (Å²) in [5, 5.41) is 0. The van der Waals surface area contributed by atoms with Crippen molar-refractivity contribution in [3.8, 4) is 17.2 Å². The minimum atomic E-state index is -4.46. The number of carbonyl (C=O) groups excluding carboxylic acids is 1. The number of nitrogens with zero attached hydrogens (tertiary/aromatic N) is 1. The summed E-state index contributed by atoms with van der Waals surface area (Å²) in [5.41, 5.74) is 0.0442. The van der Waals surface area contributed by atoms with E-state index in [-0.39, 0.29) is 24.3 Å². The van der Waals surface area contributed by atoms with Crippen molar-refractivity contribution < 1.29 is 32.2 Å². The molecule has 1 heterocycles. The molecular weight excluding hydrogens is 387 g/mol. The Labute approximate surface area is 167 Å². The fourth-order valence-electron chi connectivity index (χ4n) is 3.47. The standard InChI is InChI=1S/C21H22F3NO4/c1-27-15-8-9-17(19(12-15)28-2)18-7-4-10-25(18)20(26)13-29-16-6-3-5-14(11-16)21(22,23)24/h3,5-6,8-9,11-12,18H,4,7,10,13H2,1-2H3. The maximum Gasteiger partial charge on any atom is 0.416 e. The summed E-state index contributed by atoms with van der Waals surface area (Å²) < 4.78 is 54.5. The van der Waals surface area contributed by atoms with Crippen molar-refractivity contribution in [1.29, 1.82) is 0 Å². The summed E-state index contributed by atoms with van der Waals surface area (Å²) in [6.07, 6.45) is -2.89. The maximum absolute atomic E-state index is 12.8. The minimum absolute atomic E-state index is 0.00551. The van der Waals surface area contributed by atoms with Gasteiger partial charge in [0.25, 0.3) is 5.91 Å². The lowest BCUT2D eigenvalue weighted by Gasteiger charge is -2.26. The number of carbonyl (C=O) groups is 1. The van der Waals surface area contributed by atoms with E-state index in [4.69, 9.17) is 14.2 Å². The zero-order chi connectivity index (χ0) is 21.0. The predicted molar refractivity (Wildman–Crippen MR) is 100 cm³/mol. The van der Waals surface area contributed by atoms with Crippen molar-refractivity contribution in [2.24, 2.45) is 0 Å². The van der Waals surface area contributed by atoms with E-state index >= 15 is 0 Å². The van der Waals surface area contributed by atoms with Gasteiger partial charge in [0.15, 0.2) is 6.61 Å². The van der Waals surface area contributed by atoms with Crippen LogP contribution in [-0.2, 0) is 11.0 Å². The van der Waals surface area contributed by atoms with Crippen LogP contribution in [0.25, 0.3) is 0 Å². The summed E-state index contributed by atoms with van der Waals surface area (Å²) >= 11 is 0. The highest BCUT2D eigenvalue weighted by atomic mass is 19.4. The topological polar surface area (TPSA) is 48.0 Å². The Bertz CT molecular complexity index is 869. The summed E-state index contributed by atoms with van der Waals surface area (Å²) in [6, 6.07) is 9.74. The van der Waals surface area contributed by atoms with Gasteiger partial charge in [-0.1, -0.05) is 6.07 Å². The monoisotopic (exact) mass is 409 g/mol. The summed E-state index contributed by atoms with van der Waals surface area (Å²) in [7, 11) is 3.11. The van der Waals surface area contributed by atoms with Crippen LogP contribution in [0.4, 0.5) is 13.2 Å². The summed E-state index contributed by atoms with van der Waals surface area (Å²) in [4.78, 5) is 14.4. The second-order valence-corrected chi connectivity index (χ2v) is 6.67. The van der Waals surface area contributed by atoms with Crippen LogP contribution in [-0.4, -0.2) is 38.2 Å². The number of halogens is 3. The number of alkyl halides is 3. The van der Waals surface area contributed by atoms with E-state index in [1.807, 2.05) is 6.07 Å². The molecule has 1 saturated heterocycles. The highest BCUT2D eigenvalue weighted by Gasteiger charge is 2.33. The summed E-state index contributed by atoms with van der Waals surface area (Å²) in [5.74, 6) is 0.982. The van der Waals surface area contributed by atoms with Crippen molar-refractivity contribution >= 4 is 5.91 Å². The molecule has 8 heteroatoms. The molecule has 29 heavy (non-hydrogen) atoms. The highest BCUT2D eigenvalue weighted by molar-refractivity contribution is 5.78. The van der Waals surface area contributed by atoms with E-state index in [1.54, 1.807) is 31.3 Å². The van der Waals surface area contributed by atoms with Crippen LogP contribution in [0, 0.1) is 0 Å². The van der Waals surface area contributed by atoms with E-state index in [0.29, 0.717) is 18.0 Å². The van der Waals surface area contributed by atoms with Gasteiger partial charge in [0.05, 0.1) is 25.8 Å². The molecule has 3 rings (SSSR count). The van der Waals surface area contributed by atoms with Crippen molar-refractivity contribution in [2.45, 2.75) is 25.1 Å². The average Bonchev–Trinajstić information content (AvgIpc) is 3.20. The van der Waals surface area contributed by atoms with Crippen LogP contribution in [0.3, 0.4) is 0 Å². The van der Waals surface area contributed by atoms with Crippen LogP contribution < -0.4 is 14.2 Å². The molecule has 0 aromatic heterocycles. The second-order valence-electron chi connectivity index (χ2n) is 6.67. The van der Waals surface area contributed by atoms with Gasteiger partial charge in [0.2, 0.25) is 0 Å². The zero-order valence-electron chi connectivity index (χ0n) is 16.2. The van der Waals surface area contributed by atoms with Crippen molar-refractivity contribution in [2.75, 3.05) is 27.4 Å². The molecule has 1 unspecified atom stereocenters. The Morgan fingerprint density at radius 2 is 1.90 bits per heavy atom. The van der Waals surface area contributed by atoms with Gasteiger partial charge >= 0.3 is 6.18 Å². The Kier molecular flexibility index (Phi) is 6.20. The fraction of sp³-hybridized carbons (Fsp3) is 0.381. The van der Waals surface area contributed by atoms with Crippen molar-refractivity contribution in [3.63, 3.8) is 0 Å². The van der Waals surface area contributed by atoms with Crippen molar-refractivity contribution in [1.82, 2.24) is 4.90 Å². The second kappa shape index (κ2) is 8.63. The number of rotatable bonds is 6. The Morgan fingerprint density at radius 1 is 1.10 bits per heavy atom. The van der Waals surface area contributed by atoms with Crippen molar-refractivity contribution in [3.05, 3.63) is 53.6 Å². The molecule has 0 radical (unpaired) electrons. The van der Waals surface area contributed by atoms with Gasteiger partial charge in [0.1, 0.15) is 17.2 Å². The van der Waals surface area contributed by atoms with Crippen LogP contribution >= 0.6 is 0 Å². The van der Waals surface area contributed by atoms with Gasteiger partial charge in [-0.3, -0.25) is 4.79 Å². The van der Waals surface area contributed by atoms with Gasteiger partial charge < -0.3 is 19.1 Å². The molecule has 0 bridgehead atoms. The molecule has 1 fully saturated rings. The van der Waals surface area contributed by atoms with Crippen LogP contribution in [0.2, 0.25) is 0 Å². The molecule has 2 aromatic carbocycles. The molecule has 156 valence electrons. The molecule has 1 amide bonds. The predicted octanol–water partition coefficient (Wildman–Crippen LogP) is 4.47. The van der Waals surface area contributed by atoms with E-state index < -0.39 is 11.7 Å². The third kappa shape index (κ3) is 4.75. The number of benzene rings is 2. The van der Waals surface area contributed by atoms with Gasteiger partial charge in [-0.05, 0) is 43.2 Å². The van der Waals surface area contributed by atoms with Crippen LogP contribution in [0.1, 0.15) is 30.0 Å². The molecule has 0 saturated carbocycles. The number of hydrogen-bond acceptors (Lipinski definition) is 4. The first-order chi connectivity index (χ1) is 13.8. The Morgan fingerprint density at radius 3 is 2.59 bits per heavy atom. The largest absolute Gasteiger partial charge is 0.497 e. The molecule has 1 aliphatic heterocycles. The van der Waals surface area contributed by atoms with E-state index in [9.17, 15) is 18.0 Å². The molecule has 0 spiro atoms. The highest BCUT2D eigenvalue weighted by Crippen LogP contribution is 2.39. The molecular formula is C21H22F3NO4. The number of methoxy groups -OCH3 is 2. The lowest BCUT2D eigenvalue weighted by atomic mass is 10.0. The lowest BCUT2D eigenvalue weighted by Crippen LogP contribution is -2.34. The minimum Gasteiger partial charge on any atom is -0.497 e. The van der Waals surface area contributed by atoms with Crippen LogP contribution in [0.5, 0.6) is 17.2 Å². The van der Waals surface area contributed by atoms with E-state index in [1.165, 1.54) is 12.1 Å². The van der Waals surface area contributed by atoms with Gasteiger partial charge in [-0.2, -0.15) is 13.2 Å². The third-order valence-corrected chi connectivity index (χ3v) is 4.90. The van der Waals surface area contributed by atoms with E-state index in [2.05, 4.69) is 0 Å². The lowest BCUT2D eigenvalue weighted by molar-refractivity contribution is -0.137. The van der Waals surface area contributed by atoms with E-state index in [0.717, 1.165) is 30.5 Å². The number of amides is 1. The first-order valence-electron chi connectivity index (χ1n) is 9.15. The molecule has 2 aromatic rings. The Balaban J connectivity index is 1.71. The normalized spacial score (nSPS) is 16.6. The zero-order valence-corrected chi connectivity index (χ0v) is 16.2. The first kappa shape index (κ1) is 20.8. The molecule has 5 nitrogen and oxygen atoms in total. The summed E-state index contributed by atoms with van der Waals surface area (Å²) in [6.45, 7) is 0.209. The number of likely N-dealkylation sites (tertiary alicyclic amines) is 1. The smallest absolute Gasteiger partial charge is 0.416 e. The number of hydrogen-bond donors (Lipinski definition) is 0. The Hall–Kier alpha value is -2.90. The molecule has 0 N–H and O–H groups in total. The molecule has 0 aliphatic carbocycles. The SMILES string of the molecule is COc1ccc(C2CCCN2C(=O)COc2cccc(C(F)(F)F)c2)c(OC)c1. The quantitative estimate of drug-likeness (QED) is 0.707.